The first-order valence-corrected chi connectivity index (χ1v) is 6.28. The Morgan fingerprint density at radius 3 is 2.84 bits per heavy atom. The van der Waals surface area contributed by atoms with Crippen LogP contribution in [0.4, 0.5) is 5.69 Å². The molecule has 1 aliphatic carbocycles. The fourth-order valence-corrected chi connectivity index (χ4v) is 2.04. The average molecular weight is 259 g/mol. The predicted molar refractivity (Wildman–Crippen MR) is 71.7 cm³/mol. The zero-order chi connectivity index (χ0) is 13.8. The van der Waals surface area contributed by atoms with Crippen LogP contribution in [0.5, 0.6) is 5.75 Å². The van der Waals surface area contributed by atoms with Crippen molar-refractivity contribution < 1.29 is 9.53 Å². The van der Waals surface area contributed by atoms with Crippen molar-refractivity contribution in [3.8, 4) is 11.8 Å². The second kappa shape index (κ2) is 5.61. The van der Waals surface area contributed by atoms with Crippen molar-refractivity contribution >= 4 is 11.6 Å². The summed E-state index contributed by atoms with van der Waals surface area (Å²) in [5, 5.41) is 8.67. The van der Waals surface area contributed by atoms with Crippen LogP contribution in [0, 0.1) is 11.3 Å². The average Bonchev–Trinajstić information content (AvgIpc) is 3.22. The number of hydrogen-bond donors (Lipinski definition) is 1. The topological polar surface area (TPSA) is 79.3 Å². The molecule has 0 heterocycles. The molecule has 1 amide bonds. The van der Waals surface area contributed by atoms with E-state index >= 15 is 0 Å². The minimum atomic E-state index is -0.0802. The van der Waals surface area contributed by atoms with Gasteiger partial charge in [0.15, 0.2) is 0 Å². The molecular weight excluding hydrogens is 242 g/mol. The molecule has 2 rings (SSSR count). The van der Waals surface area contributed by atoms with Crippen molar-refractivity contribution in [1.82, 2.24) is 4.90 Å². The molecule has 0 saturated heterocycles. The standard InChI is InChI=1S/C14H17N3O2/c1-19-13-8-10(7-11(16)9-13)14(18)17(6-2-5-15)12-3-4-12/h7-9,12H,2-4,6,16H2,1H3. The number of nitrogens with two attached hydrogens (primary N) is 1. The third kappa shape index (κ3) is 3.16. The van der Waals surface area contributed by atoms with Gasteiger partial charge in [-0.25, -0.2) is 0 Å². The molecule has 5 nitrogen and oxygen atoms in total. The molecule has 1 saturated carbocycles. The molecule has 1 aliphatic rings. The predicted octanol–water partition coefficient (Wildman–Crippen LogP) is 1.80. The van der Waals surface area contributed by atoms with Crippen molar-refractivity contribution in [2.24, 2.45) is 0 Å². The number of carbonyl (C=O) groups excluding carboxylic acids is 1. The van der Waals surface area contributed by atoms with Crippen LogP contribution in [-0.2, 0) is 0 Å². The summed E-state index contributed by atoms with van der Waals surface area (Å²) in [4.78, 5) is 14.2. The molecule has 0 aliphatic heterocycles. The number of hydrogen-bond acceptors (Lipinski definition) is 4. The van der Waals surface area contributed by atoms with Crippen LogP contribution < -0.4 is 10.5 Å². The summed E-state index contributed by atoms with van der Waals surface area (Å²) in [6.07, 6.45) is 2.37. The summed E-state index contributed by atoms with van der Waals surface area (Å²) in [5.41, 5.74) is 6.78. The molecule has 0 unspecified atom stereocenters. The molecule has 2 N–H and O–H groups in total. The first kappa shape index (κ1) is 13.2. The third-order valence-corrected chi connectivity index (χ3v) is 3.12. The first-order valence-electron chi connectivity index (χ1n) is 6.28. The summed E-state index contributed by atoms with van der Waals surface area (Å²) in [5.74, 6) is 0.489. The highest BCUT2D eigenvalue weighted by atomic mass is 16.5. The van der Waals surface area contributed by atoms with E-state index in [0.29, 0.717) is 30.0 Å². The van der Waals surface area contributed by atoms with Crippen LogP contribution in [-0.4, -0.2) is 30.5 Å². The minimum Gasteiger partial charge on any atom is -0.497 e. The molecular formula is C14H17N3O2. The molecule has 19 heavy (non-hydrogen) atoms. The van der Waals surface area contributed by atoms with Crippen molar-refractivity contribution in [3.05, 3.63) is 23.8 Å². The molecule has 1 aromatic rings. The summed E-state index contributed by atoms with van der Waals surface area (Å²) in [7, 11) is 1.54. The zero-order valence-electron chi connectivity index (χ0n) is 10.9. The van der Waals surface area contributed by atoms with Gasteiger partial charge in [0.1, 0.15) is 5.75 Å². The monoisotopic (exact) mass is 259 g/mol. The first-order chi connectivity index (χ1) is 9.15. The Morgan fingerprint density at radius 2 is 2.26 bits per heavy atom. The number of ether oxygens (including phenoxy) is 1. The quantitative estimate of drug-likeness (QED) is 0.818. The molecule has 5 heteroatoms. The van der Waals surface area contributed by atoms with Crippen LogP contribution in [0.25, 0.3) is 0 Å². The van der Waals surface area contributed by atoms with E-state index in [4.69, 9.17) is 15.7 Å². The third-order valence-electron chi connectivity index (χ3n) is 3.12. The lowest BCUT2D eigenvalue weighted by Gasteiger charge is -2.21. The largest absolute Gasteiger partial charge is 0.497 e. The Bertz CT molecular complexity index is 518. The molecule has 0 spiro atoms. The van der Waals surface area contributed by atoms with Gasteiger partial charge < -0.3 is 15.4 Å². The highest BCUT2D eigenvalue weighted by molar-refractivity contribution is 5.96. The number of nitriles is 1. The molecule has 0 radical (unpaired) electrons. The van der Waals surface area contributed by atoms with E-state index in [-0.39, 0.29) is 11.9 Å². The fraction of sp³-hybridized carbons (Fsp3) is 0.429. The van der Waals surface area contributed by atoms with Crippen LogP contribution in [0.1, 0.15) is 29.6 Å². The lowest BCUT2D eigenvalue weighted by Crippen LogP contribution is -2.34. The molecule has 0 aromatic heterocycles. The van der Waals surface area contributed by atoms with Gasteiger partial charge >= 0.3 is 0 Å². The number of amides is 1. The highest BCUT2D eigenvalue weighted by Crippen LogP contribution is 2.29. The highest BCUT2D eigenvalue weighted by Gasteiger charge is 2.32. The van der Waals surface area contributed by atoms with E-state index in [1.165, 1.54) is 7.11 Å². The van der Waals surface area contributed by atoms with Crippen LogP contribution in [0.2, 0.25) is 0 Å². The Balaban J connectivity index is 2.21. The summed E-state index contributed by atoms with van der Waals surface area (Å²) < 4.78 is 5.12. The molecule has 0 atom stereocenters. The van der Waals surface area contributed by atoms with Gasteiger partial charge in [-0.15, -0.1) is 0 Å². The lowest BCUT2D eigenvalue weighted by atomic mass is 10.1. The van der Waals surface area contributed by atoms with E-state index in [9.17, 15) is 4.79 Å². The van der Waals surface area contributed by atoms with Crippen molar-refractivity contribution in [1.29, 1.82) is 5.26 Å². The Hall–Kier alpha value is -2.22. The number of carbonyl (C=O) groups is 1. The Morgan fingerprint density at radius 1 is 1.53 bits per heavy atom. The Kier molecular flexibility index (Phi) is 3.91. The van der Waals surface area contributed by atoms with E-state index in [1.54, 1.807) is 23.1 Å². The molecule has 1 aromatic carbocycles. The van der Waals surface area contributed by atoms with Gasteiger partial charge in [-0.2, -0.15) is 5.26 Å². The molecule has 100 valence electrons. The van der Waals surface area contributed by atoms with Crippen LogP contribution in [0.15, 0.2) is 18.2 Å². The maximum Gasteiger partial charge on any atom is 0.254 e. The molecule has 0 bridgehead atoms. The van der Waals surface area contributed by atoms with E-state index in [0.717, 1.165) is 12.8 Å². The Labute approximate surface area is 112 Å². The zero-order valence-corrected chi connectivity index (χ0v) is 10.9. The van der Waals surface area contributed by atoms with Crippen molar-refractivity contribution in [2.45, 2.75) is 25.3 Å². The van der Waals surface area contributed by atoms with E-state index < -0.39 is 0 Å². The SMILES string of the molecule is COc1cc(N)cc(C(=O)N(CCC#N)C2CC2)c1. The van der Waals surface area contributed by atoms with Gasteiger partial charge in [-0.05, 0) is 25.0 Å². The summed E-state index contributed by atoms with van der Waals surface area (Å²) >= 11 is 0. The molecule has 1 fully saturated rings. The van der Waals surface area contributed by atoms with E-state index in [2.05, 4.69) is 6.07 Å². The minimum absolute atomic E-state index is 0.0802. The maximum absolute atomic E-state index is 12.5. The van der Waals surface area contributed by atoms with Gasteiger partial charge in [0.05, 0.1) is 19.6 Å². The number of anilines is 1. The number of nitrogens with zero attached hydrogens (tertiary/aromatic N) is 2. The number of rotatable bonds is 5. The maximum atomic E-state index is 12.5. The van der Waals surface area contributed by atoms with Crippen molar-refractivity contribution in [3.63, 3.8) is 0 Å². The normalized spacial score (nSPS) is 13.7. The van der Waals surface area contributed by atoms with Gasteiger partial charge in [0.2, 0.25) is 0 Å². The van der Waals surface area contributed by atoms with Gasteiger partial charge in [0, 0.05) is 29.9 Å². The van der Waals surface area contributed by atoms with Gasteiger partial charge in [-0.1, -0.05) is 0 Å². The number of methoxy groups -OCH3 is 1. The van der Waals surface area contributed by atoms with Crippen LogP contribution in [0.3, 0.4) is 0 Å². The smallest absolute Gasteiger partial charge is 0.254 e. The van der Waals surface area contributed by atoms with Crippen LogP contribution >= 0.6 is 0 Å². The van der Waals surface area contributed by atoms with Crippen molar-refractivity contribution in [2.75, 3.05) is 19.4 Å². The van der Waals surface area contributed by atoms with Gasteiger partial charge in [0.25, 0.3) is 5.91 Å². The fourth-order valence-electron chi connectivity index (χ4n) is 2.04. The number of nitrogen functional groups attached to an aromatic ring is 1. The van der Waals surface area contributed by atoms with Gasteiger partial charge in [-0.3, -0.25) is 4.79 Å². The lowest BCUT2D eigenvalue weighted by molar-refractivity contribution is 0.0746. The number of benzene rings is 1. The summed E-state index contributed by atoms with van der Waals surface area (Å²) in [6, 6.07) is 7.35. The second-order valence-corrected chi connectivity index (χ2v) is 4.63. The summed E-state index contributed by atoms with van der Waals surface area (Å²) in [6.45, 7) is 0.469. The second-order valence-electron chi connectivity index (χ2n) is 4.63. The van der Waals surface area contributed by atoms with E-state index in [1.807, 2.05) is 0 Å².